The third-order valence-corrected chi connectivity index (χ3v) is 8.01. The minimum atomic E-state index is -1.20. The van der Waals surface area contributed by atoms with Gasteiger partial charge in [0.25, 0.3) is 0 Å². The van der Waals surface area contributed by atoms with Gasteiger partial charge < -0.3 is 30.2 Å². The molecule has 3 aromatic rings. The van der Waals surface area contributed by atoms with Gasteiger partial charge in [-0.15, -0.1) is 0 Å². The van der Waals surface area contributed by atoms with E-state index in [2.05, 4.69) is 42.2 Å². The Balaban J connectivity index is 1.45. The van der Waals surface area contributed by atoms with E-state index in [0.29, 0.717) is 54.2 Å². The number of methoxy groups -OCH3 is 1. The van der Waals surface area contributed by atoms with Gasteiger partial charge in [0.05, 0.1) is 31.0 Å². The van der Waals surface area contributed by atoms with E-state index < -0.39 is 23.7 Å². The van der Waals surface area contributed by atoms with E-state index in [4.69, 9.17) is 11.6 Å². The Morgan fingerprint density at radius 3 is 2.85 bits per heavy atom. The van der Waals surface area contributed by atoms with E-state index in [0.717, 1.165) is 12.0 Å². The molecule has 2 heterocycles. The van der Waals surface area contributed by atoms with Crippen LogP contribution in [-0.2, 0) is 20.9 Å². The predicted molar refractivity (Wildman–Crippen MR) is 147 cm³/mol. The maximum Gasteiger partial charge on any atom is 0.305 e. The molecular weight excluding hydrogens is 536 g/mol. The van der Waals surface area contributed by atoms with Crippen molar-refractivity contribution in [2.24, 2.45) is 11.3 Å². The molecule has 0 saturated heterocycles. The molecule has 12 heteroatoms. The predicted octanol–water partition coefficient (Wildman–Crippen LogP) is 2.21. The zero-order valence-electron chi connectivity index (χ0n) is 22.2. The number of halogens is 1. The molecule has 0 unspecified atom stereocenters. The van der Waals surface area contributed by atoms with Crippen molar-refractivity contribution in [1.82, 2.24) is 24.8 Å². The van der Waals surface area contributed by atoms with E-state index in [-0.39, 0.29) is 23.6 Å². The molecule has 5 rings (SSSR count). The second-order valence-corrected chi connectivity index (χ2v) is 10.6. The molecule has 4 N–H and O–H groups in total. The lowest BCUT2D eigenvalue weighted by molar-refractivity contribution is -0.140. The van der Waals surface area contributed by atoms with Crippen LogP contribution >= 0.6 is 11.6 Å². The summed E-state index contributed by atoms with van der Waals surface area (Å²) in [6.45, 7) is 0.424. The number of carbonyl (C=O) groups excluding carboxylic acids is 2. The van der Waals surface area contributed by atoms with Crippen LogP contribution in [0.4, 0.5) is 5.82 Å². The van der Waals surface area contributed by atoms with Crippen LogP contribution in [0.15, 0.2) is 30.6 Å². The first-order valence-electron chi connectivity index (χ1n) is 13.2. The van der Waals surface area contributed by atoms with Gasteiger partial charge in [-0.05, 0) is 42.9 Å². The van der Waals surface area contributed by atoms with Crippen molar-refractivity contribution in [1.29, 1.82) is 0 Å². The van der Waals surface area contributed by atoms with Gasteiger partial charge in [-0.25, -0.2) is 15.0 Å². The molecule has 5 atom stereocenters. The van der Waals surface area contributed by atoms with Crippen molar-refractivity contribution in [2.75, 3.05) is 19.5 Å². The number of amides is 1. The Hall–Kier alpha value is -3.72. The van der Waals surface area contributed by atoms with E-state index >= 15 is 0 Å². The minimum Gasteiger partial charge on any atom is -0.469 e. The molecule has 0 bridgehead atoms. The molecule has 0 spiro atoms. The first-order chi connectivity index (χ1) is 19.3. The number of esters is 1. The summed E-state index contributed by atoms with van der Waals surface area (Å²) in [4.78, 5) is 37.7. The number of imidazole rings is 1. The highest BCUT2D eigenvalue weighted by atomic mass is 35.5. The molecule has 2 aliphatic carbocycles. The van der Waals surface area contributed by atoms with Crippen LogP contribution < -0.4 is 10.6 Å². The van der Waals surface area contributed by atoms with E-state index in [9.17, 15) is 19.8 Å². The average Bonchev–Trinajstić information content (AvgIpc) is 3.49. The second kappa shape index (κ2) is 11.4. The number of ether oxygens (including phenoxy) is 1. The Kier molecular flexibility index (Phi) is 7.94. The molecule has 210 valence electrons. The number of anilines is 1. The lowest BCUT2D eigenvalue weighted by Gasteiger charge is -2.23. The fourth-order valence-corrected chi connectivity index (χ4v) is 5.87. The van der Waals surface area contributed by atoms with E-state index in [1.54, 1.807) is 17.0 Å². The fraction of sp³-hybridized carbons (Fsp3) is 0.464. The van der Waals surface area contributed by atoms with Crippen LogP contribution in [0.5, 0.6) is 0 Å². The molecular formula is C28H31ClN6O5. The van der Waals surface area contributed by atoms with Crippen LogP contribution in [-0.4, -0.2) is 68.0 Å². The lowest BCUT2D eigenvalue weighted by Crippen LogP contribution is -2.41. The van der Waals surface area contributed by atoms with Crippen molar-refractivity contribution in [3.05, 3.63) is 47.0 Å². The maximum absolute atomic E-state index is 12.6. The lowest BCUT2D eigenvalue weighted by atomic mass is 9.98. The minimum absolute atomic E-state index is 0.249. The zero-order chi connectivity index (χ0) is 28.4. The number of rotatable bonds is 9. The third-order valence-electron chi connectivity index (χ3n) is 7.77. The number of aliphatic hydroxyl groups is 2. The SMILES string of the molecule is CNC(=O)[C@@]12C[C@@H]1[C@@H](n1cnc3c(NCc4cccc(Cl)c4)nc(C#CCCCCC(=O)OC)nc31)[C@H](O)[C@@H]2O. The standard InChI is InChI=1S/C28H31ClN6O5/c1-30-27(39)28-13-18(28)22(23(37)24(28)38)35-15-32-21-25(31-14-16-8-7-9-17(29)12-16)33-19(34-26(21)35)10-5-3-4-6-11-20(36)40-2/h7-9,12,15,18,22-24,37-38H,3-4,6,11,13-14H2,1-2H3,(H,30,39)(H,31,33,34)/t18-,22-,23+,24+,28+/m1/s1. The Bertz CT molecular complexity index is 1500. The molecule has 2 saturated carbocycles. The number of benzene rings is 1. The van der Waals surface area contributed by atoms with Gasteiger partial charge >= 0.3 is 5.97 Å². The average molecular weight is 567 g/mol. The van der Waals surface area contributed by atoms with Crippen molar-refractivity contribution < 1.29 is 24.5 Å². The highest BCUT2D eigenvalue weighted by molar-refractivity contribution is 6.30. The fourth-order valence-electron chi connectivity index (χ4n) is 5.66. The number of fused-ring (bicyclic) bond motifs is 2. The number of nitrogens with one attached hydrogen (secondary N) is 2. The Labute approximate surface area is 236 Å². The van der Waals surface area contributed by atoms with Crippen molar-refractivity contribution in [3.8, 4) is 11.8 Å². The summed E-state index contributed by atoms with van der Waals surface area (Å²) in [7, 11) is 2.89. The summed E-state index contributed by atoms with van der Waals surface area (Å²) in [5.74, 6) is 5.99. The molecule has 2 aromatic heterocycles. The molecule has 0 radical (unpaired) electrons. The van der Waals surface area contributed by atoms with Gasteiger partial charge in [0, 0.05) is 37.4 Å². The summed E-state index contributed by atoms with van der Waals surface area (Å²) in [5, 5.41) is 28.4. The molecule has 11 nitrogen and oxygen atoms in total. The topological polar surface area (TPSA) is 151 Å². The third kappa shape index (κ3) is 5.10. The van der Waals surface area contributed by atoms with Crippen LogP contribution in [0.3, 0.4) is 0 Å². The summed E-state index contributed by atoms with van der Waals surface area (Å²) in [6.07, 6.45) is 1.92. The smallest absolute Gasteiger partial charge is 0.305 e. The molecule has 1 aromatic carbocycles. The van der Waals surface area contributed by atoms with E-state index in [1.807, 2.05) is 18.2 Å². The van der Waals surface area contributed by atoms with Crippen LogP contribution in [0.1, 0.15) is 49.5 Å². The van der Waals surface area contributed by atoms with Gasteiger partial charge in [0.1, 0.15) is 6.10 Å². The normalized spacial score (nSPS) is 24.6. The van der Waals surface area contributed by atoms with Crippen LogP contribution in [0, 0.1) is 23.2 Å². The van der Waals surface area contributed by atoms with Crippen LogP contribution in [0.25, 0.3) is 11.2 Å². The first-order valence-corrected chi connectivity index (χ1v) is 13.5. The van der Waals surface area contributed by atoms with Crippen molar-refractivity contribution in [3.63, 3.8) is 0 Å². The number of hydrogen-bond acceptors (Lipinski definition) is 9. The van der Waals surface area contributed by atoms with Gasteiger partial charge in [-0.3, -0.25) is 9.59 Å². The number of unbranched alkanes of at least 4 members (excludes halogenated alkanes) is 2. The highest BCUT2D eigenvalue weighted by Gasteiger charge is 2.75. The number of aromatic nitrogens is 4. The molecule has 2 aliphatic rings. The van der Waals surface area contributed by atoms with Crippen molar-refractivity contribution in [2.45, 2.75) is 56.9 Å². The monoisotopic (exact) mass is 566 g/mol. The largest absolute Gasteiger partial charge is 0.469 e. The van der Waals surface area contributed by atoms with Gasteiger partial charge in [-0.1, -0.05) is 29.7 Å². The molecule has 40 heavy (non-hydrogen) atoms. The Morgan fingerprint density at radius 1 is 1.27 bits per heavy atom. The quantitative estimate of drug-likeness (QED) is 0.173. The van der Waals surface area contributed by atoms with E-state index in [1.165, 1.54) is 14.2 Å². The highest BCUT2D eigenvalue weighted by Crippen LogP contribution is 2.67. The van der Waals surface area contributed by atoms with Crippen LogP contribution in [0.2, 0.25) is 5.02 Å². The number of carbonyl (C=O) groups is 2. The molecule has 2 fully saturated rings. The van der Waals surface area contributed by atoms with Gasteiger partial charge in [0.2, 0.25) is 11.7 Å². The Morgan fingerprint density at radius 2 is 2.10 bits per heavy atom. The number of hydrogen-bond donors (Lipinski definition) is 4. The van der Waals surface area contributed by atoms with Crippen molar-refractivity contribution >= 4 is 40.5 Å². The summed E-state index contributed by atoms with van der Waals surface area (Å²) in [5.41, 5.74) is 0.836. The zero-order valence-corrected chi connectivity index (χ0v) is 23.0. The van der Waals surface area contributed by atoms with Gasteiger partial charge in [-0.2, -0.15) is 0 Å². The summed E-state index contributed by atoms with van der Waals surface area (Å²) >= 11 is 6.14. The molecule has 1 amide bonds. The second-order valence-electron chi connectivity index (χ2n) is 10.1. The first kappa shape index (κ1) is 27.8. The summed E-state index contributed by atoms with van der Waals surface area (Å²) < 4.78 is 6.39. The maximum atomic E-state index is 12.6. The number of nitrogens with zero attached hydrogens (tertiary/aromatic N) is 4. The molecule has 0 aliphatic heterocycles. The number of aliphatic hydroxyl groups excluding tert-OH is 2. The summed E-state index contributed by atoms with van der Waals surface area (Å²) in [6, 6.07) is 6.86. The van der Waals surface area contributed by atoms with Gasteiger partial charge in [0.15, 0.2) is 17.0 Å².